The molecule has 0 bridgehead atoms. The summed E-state index contributed by atoms with van der Waals surface area (Å²) in [6, 6.07) is 7.47. The van der Waals surface area contributed by atoms with E-state index in [0.717, 1.165) is 36.3 Å². The van der Waals surface area contributed by atoms with Crippen molar-refractivity contribution in [2.45, 2.75) is 13.3 Å². The van der Waals surface area contributed by atoms with Gasteiger partial charge >= 0.3 is 0 Å². The van der Waals surface area contributed by atoms with Gasteiger partial charge in [0.2, 0.25) is 5.95 Å². The lowest BCUT2D eigenvalue weighted by Crippen LogP contribution is -2.10. The summed E-state index contributed by atoms with van der Waals surface area (Å²) in [5.41, 5.74) is 1.66. The van der Waals surface area contributed by atoms with Crippen LogP contribution in [0.1, 0.15) is 13.3 Å². The average Bonchev–Trinajstić information content (AvgIpc) is 2.98. The zero-order valence-corrected chi connectivity index (χ0v) is 15.0. The number of aryl methyl sites for hydroxylation is 1. The third-order valence-electron chi connectivity index (χ3n) is 3.65. The summed E-state index contributed by atoms with van der Waals surface area (Å²) >= 11 is 5.94. The van der Waals surface area contributed by atoms with Gasteiger partial charge in [-0.3, -0.25) is 4.68 Å². The molecular formula is C17H21ClN6O. The minimum atomic E-state index is 0.559. The lowest BCUT2D eigenvalue weighted by Gasteiger charge is -2.10. The molecule has 0 saturated carbocycles. The van der Waals surface area contributed by atoms with E-state index in [1.165, 1.54) is 0 Å². The maximum Gasteiger partial charge on any atom is 0.226 e. The van der Waals surface area contributed by atoms with Crippen molar-refractivity contribution in [1.29, 1.82) is 0 Å². The highest BCUT2D eigenvalue weighted by molar-refractivity contribution is 6.30. The quantitative estimate of drug-likeness (QED) is 0.598. The van der Waals surface area contributed by atoms with Crippen molar-refractivity contribution in [1.82, 2.24) is 19.7 Å². The van der Waals surface area contributed by atoms with E-state index < -0.39 is 0 Å². The summed E-state index contributed by atoms with van der Waals surface area (Å²) in [7, 11) is 1.86. The van der Waals surface area contributed by atoms with E-state index >= 15 is 0 Å². The predicted octanol–water partition coefficient (Wildman–Crippen LogP) is 3.60. The van der Waals surface area contributed by atoms with Crippen molar-refractivity contribution in [3.63, 3.8) is 0 Å². The SMILES string of the molecule is CCOCCCNc1nc(Nc2ccc(Cl)cc2)c2cnn(C)c2n1. The number of nitrogens with zero attached hydrogens (tertiary/aromatic N) is 4. The number of benzene rings is 1. The molecule has 2 heterocycles. The topological polar surface area (TPSA) is 76.9 Å². The third-order valence-corrected chi connectivity index (χ3v) is 3.90. The molecule has 0 spiro atoms. The van der Waals surface area contributed by atoms with Gasteiger partial charge in [-0.1, -0.05) is 11.6 Å². The Hall–Kier alpha value is -2.38. The molecular weight excluding hydrogens is 340 g/mol. The maximum absolute atomic E-state index is 5.94. The van der Waals surface area contributed by atoms with Crippen LogP contribution in [0, 0.1) is 0 Å². The van der Waals surface area contributed by atoms with Crippen LogP contribution in [-0.4, -0.2) is 39.5 Å². The van der Waals surface area contributed by atoms with Gasteiger partial charge in [0.15, 0.2) is 5.65 Å². The Balaban J connectivity index is 1.81. The Bertz CT molecular complexity index is 833. The van der Waals surface area contributed by atoms with Crippen LogP contribution < -0.4 is 10.6 Å². The minimum Gasteiger partial charge on any atom is -0.382 e. The normalized spacial score (nSPS) is 11.0. The second-order valence-corrected chi connectivity index (χ2v) is 5.95. The molecule has 8 heteroatoms. The van der Waals surface area contributed by atoms with E-state index in [9.17, 15) is 0 Å². The summed E-state index contributed by atoms with van der Waals surface area (Å²) in [6.07, 6.45) is 2.65. The first-order chi connectivity index (χ1) is 12.2. The number of ether oxygens (including phenoxy) is 1. The zero-order chi connectivity index (χ0) is 17.6. The lowest BCUT2D eigenvalue weighted by atomic mass is 10.3. The number of anilines is 3. The number of hydrogen-bond donors (Lipinski definition) is 2. The van der Waals surface area contributed by atoms with Crippen molar-refractivity contribution in [3.05, 3.63) is 35.5 Å². The number of fused-ring (bicyclic) bond motifs is 1. The molecule has 0 unspecified atom stereocenters. The van der Waals surface area contributed by atoms with Crippen LogP contribution in [-0.2, 0) is 11.8 Å². The largest absolute Gasteiger partial charge is 0.382 e. The standard InChI is InChI=1S/C17H21ClN6O/c1-3-25-10-4-9-19-17-22-15(14-11-20-24(2)16(14)23-17)21-13-7-5-12(18)6-8-13/h5-8,11H,3-4,9-10H2,1-2H3,(H2,19,21,22,23). The Kier molecular flexibility index (Phi) is 5.67. The van der Waals surface area contributed by atoms with Crippen LogP contribution >= 0.6 is 11.6 Å². The van der Waals surface area contributed by atoms with Crippen molar-refractivity contribution < 1.29 is 4.74 Å². The summed E-state index contributed by atoms with van der Waals surface area (Å²) < 4.78 is 7.07. The molecule has 2 aromatic heterocycles. The summed E-state index contributed by atoms with van der Waals surface area (Å²) in [4.78, 5) is 9.13. The molecule has 0 radical (unpaired) electrons. The first-order valence-electron chi connectivity index (χ1n) is 8.21. The molecule has 1 aromatic carbocycles. The van der Waals surface area contributed by atoms with Crippen molar-refractivity contribution >= 4 is 40.1 Å². The van der Waals surface area contributed by atoms with Crippen LogP contribution in [0.15, 0.2) is 30.5 Å². The van der Waals surface area contributed by atoms with Crippen LogP contribution in [0.4, 0.5) is 17.5 Å². The van der Waals surface area contributed by atoms with Crippen LogP contribution in [0.3, 0.4) is 0 Å². The number of nitrogens with one attached hydrogen (secondary N) is 2. The van der Waals surface area contributed by atoms with Gasteiger partial charge in [0.25, 0.3) is 0 Å². The number of halogens is 1. The van der Waals surface area contributed by atoms with E-state index in [4.69, 9.17) is 16.3 Å². The van der Waals surface area contributed by atoms with Gasteiger partial charge in [-0.05, 0) is 37.6 Å². The van der Waals surface area contributed by atoms with Gasteiger partial charge in [0.05, 0.1) is 11.6 Å². The molecule has 0 atom stereocenters. The first-order valence-corrected chi connectivity index (χ1v) is 8.59. The van der Waals surface area contributed by atoms with E-state index in [1.54, 1.807) is 10.9 Å². The number of aromatic nitrogens is 4. The number of hydrogen-bond acceptors (Lipinski definition) is 6. The first kappa shape index (κ1) is 17.4. The molecule has 0 aliphatic heterocycles. The predicted molar refractivity (Wildman–Crippen MR) is 101 cm³/mol. The molecule has 7 nitrogen and oxygen atoms in total. The van der Waals surface area contributed by atoms with Crippen LogP contribution in [0.25, 0.3) is 11.0 Å². The van der Waals surface area contributed by atoms with E-state index in [0.29, 0.717) is 23.4 Å². The maximum atomic E-state index is 5.94. The summed E-state index contributed by atoms with van der Waals surface area (Å²) in [5.74, 6) is 1.26. The molecule has 132 valence electrons. The molecule has 0 saturated heterocycles. The molecule has 0 aliphatic carbocycles. The Morgan fingerprint density at radius 3 is 2.76 bits per heavy atom. The molecule has 25 heavy (non-hydrogen) atoms. The molecule has 0 fully saturated rings. The van der Waals surface area contributed by atoms with E-state index in [2.05, 4.69) is 25.7 Å². The Morgan fingerprint density at radius 1 is 1.20 bits per heavy atom. The smallest absolute Gasteiger partial charge is 0.226 e. The second kappa shape index (κ2) is 8.13. The van der Waals surface area contributed by atoms with Crippen molar-refractivity contribution in [2.75, 3.05) is 30.4 Å². The van der Waals surface area contributed by atoms with Crippen LogP contribution in [0.2, 0.25) is 5.02 Å². The molecule has 3 aromatic rings. The molecule has 0 aliphatic rings. The molecule has 2 N–H and O–H groups in total. The third kappa shape index (κ3) is 4.37. The molecule has 3 rings (SSSR count). The van der Waals surface area contributed by atoms with E-state index in [-0.39, 0.29) is 0 Å². The summed E-state index contributed by atoms with van der Waals surface area (Å²) in [6.45, 7) is 4.17. The minimum absolute atomic E-state index is 0.559. The number of rotatable bonds is 8. The van der Waals surface area contributed by atoms with Crippen molar-refractivity contribution in [3.8, 4) is 0 Å². The Morgan fingerprint density at radius 2 is 2.00 bits per heavy atom. The monoisotopic (exact) mass is 360 g/mol. The average molecular weight is 361 g/mol. The highest BCUT2D eigenvalue weighted by Crippen LogP contribution is 2.25. The fourth-order valence-corrected chi connectivity index (χ4v) is 2.51. The Labute approximate surface area is 151 Å². The fraction of sp³-hybridized carbons (Fsp3) is 0.353. The van der Waals surface area contributed by atoms with Gasteiger partial charge in [0, 0.05) is 37.5 Å². The zero-order valence-electron chi connectivity index (χ0n) is 14.3. The van der Waals surface area contributed by atoms with Gasteiger partial charge in [-0.2, -0.15) is 15.1 Å². The van der Waals surface area contributed by atoms with Gasteiger partial charge in [-0.25, -0.2) is 0 Å². The fourth-order valence-electron chi connectivity index (χ4n) is 2.39. The van der Waals surface area contributed by atoms with Crippen molar-refractivity contribution in [2.24, 2.45) is 7.05 Å². The van der Waals surface area contributed by atoms with E-state index in [1.807, 2.05) is 38.2 Å². The van der Waals surface area contributed by atoms with Gasteiger partial charge in [-0.15, -0.1) is 0 Å². The van der Waals surface area contributed by atoms with Gasteiger partial charge < -0.3 is 15.4 Å². The van der Waals surface area contributed by atoms with Gasteiger partial charge in [0.1, 0.15) is 5.82 Å². The highest BCUT2D eigenvalue weighted by atomic mass is 35.5. The highest BCUT2D eigenvalue weighted by Gasteiger charge is 2.11. The molecule has 0 amide bonds. The van der Waals surface area contributed by atoms with Crippen LogP contribution in [0.5, 0.6) is 0 Å². The summed E-state index contributed by atoms with van der Waals surface area (Å²) in [5, 5.41) is 12.4. The second-order valence-electron chi connectivity index (χ2n) is 5.51. The lowest BCUT2D eigenvalue weighted by molar-refractivity contribution is 0.147.